The standard InChI is InChI=1S/C24H22O2/c1-25-17-10-6-14(7-11-17)12-20-21-18-4-2-3-5-19(18)22(20)24-16-9-8-15(13-16)23(21,24)26-24/h2-7,10-12,15-16,21-22H,8-9,13H2,1H3/t15-,16-,21+,22+,23-,24+/m0/s1. The van der Waals surface area contributed by atoms with Crippen molar-refractivity contribution >= 4 is 6.08 Å². The van der Waals surface area contributed by atoms with Gasteiger partial charge in [-0.2, -0.15) is 0 Å². The molecule has 1 aliphatic heterocycles. The van der Waals surface area contributed by atoms with Crippen LogP contribution in [0.3, 0.4) is 0 Å². The van der Waals surface area contributed by atoms with Crippen LogP contribution in [-0.4, -0.2) is 18.3 Å². The van der Waals surface area contributed by atoms with Crippen LogP contribution in [0, 0.1) is 11.8 Å². The number of hydrogen-bond donors (Lipinski definition) is 0. The molecule has 26 heavy (non-hydrogen) atoms. The Bertz CT molecular complexity index is 923. The average molecular weight is 342 g/mol. The van der Waals surface area contributed by atoms with E-state index < -0.39 is 0 Å². The molecule has 4 fully saturated rings. The molecule has 0 aromatic heterocycles. The van der Waals surface area contributed by atoms with Crippen LogP contribution in [0.1, 0.15) is 47.8 Å². The van der Waals surface area contributed by atoms with Crippen molar-refractivity contribution in [3.8, 4) is 5.75 Å². The van der Waals surface area contributed by atoms with E-state index in [1.54, 1.807) is 12.7 Å². The van der Waals surface area contributed by atoms with Crippen LogP contribution in [0.5, 0.6) is 5.75 Å². The smallest absolute Gasteiger partial charge is 0.118 e. The van der Waals surface area contributed by atoms with Crippen molar-refractivity contribution in [1.82, 2.24) is 0 Å². The summed E-state index contributed by atoms with van der Waals surface area (Å²) >= 11 is 0. The van der Waals surface area contributed by atoms with Crippen LogP contribution < -0.4 is 4.74 Å². The van der Waals surface area contributed by atoms with Gasteiger partial charge in [0.05, 0.1) is 7.11 Å². The van der Waals surface area contributed by atoms with Crippen molar-refractivity contribution in [2.75, 3.05) is 7.11 Å². The lowest BCUT2D eigenvalue weighted by atomic mass is 9.69. The summed E-state index contributed by atoms with van der Waals surface area (Å²) in [5, 5.41) is 0. The number of rotatable bonds is 2. The van der Waals surface area contributed by atoms with Crippen molar-refractivity contribution in [3.63, 3.8) is 0 Å². The van der Waals surface area contributed by atoms with Gasteiger partial charge in [0, 0.05) is 11.8 Å². The zero-order valence-corrected chi connectivity index (χ0v) is 14.9. The first-order chi connectivity index (χ1) is 12.8. The Morgan fingerprint density at radius 2 is 1.54 bits per heavy atom. The van der Waals surface area contributed by atoms with Crippen LogP contribution in [0.25, 0.3) is 6.08 Å². The summed E-state index contributed by atoms with van der Waals surface area (Å²) in [6.45, 7) is 0. The molecule has 2 aromatic carbocycles. The molecule has 0 amide bonds. The predicted octanol–water partition coefficient (Wildman–Crippen LogP) is 4.91. The van der Waals surface area contributed by atoms with Crippen molar-refractivity contribution in [2.45, 2.75) is 42.3 Å². The van der Waals surface area contributed by atoms with E-state index in [0.29, 0.717) is 11.8 Å². The number of hydrogen-bond acceptors (Lipinski definition) is 2. The fourth-order valence-corrected chi connectivity index (χ4v) is 7.44. The lowest BCUT2D eigenvalue weighted by molar-refractivity contribution is 0.134. The number of methoxy groups -OCH3 is 1. The predicted molar refractivity (Wildman–Crippen MR) is 100 cm³/mol. The fourth-order valence-electron chi connectivity index (χ4n) is 7.44. The summed E-state index contributed by atoms with van der Waals surface area (Å²) in [5.74, 6) is 3.41. The van der Waals surface area contributed by atoms with E-state index in [2.05, 4.69) is 54.6 Å². The van der Waals surface area contributed by atoms with Gasteiger partial charge in [-0.05, 0) is 65.5 Å². The van der Waals surface area contributed by atoms with E-state index in [-0.39, 0.29) is 11.2 Å². The highest BCUT2D eigenvalue weighted by atomic mass is 16.6. The number of epoxide rings is 1. The van der Waals surface area contributed by atoms with E-state index >= 15 is 0 Å². The molecule has 2 aromatic rings. The van der Waals surface area contributed by atoms with Gasteiger partial charge in [0.25, 0.3) is 0 Å². The summed E-state index contributed by atoms with van der Waals surface area (Å²) in [4.78, 5) is 0. The zero-order valence-electron chi connectivity index (χ0n) is 14.9. The Morgan fingerprint density at radius 3 is 2.12 bits per heavy atom. The van der Waals surface area contributed by atoms with E-state index in [9.17, 15) is 0 Å². The number of fused-ring (bicyclic) bond motifs is 7. The maximum atomic E-state index is 6.76. The summed E-state index contributed by atoms with van der Waals surface area (Å²) in [5.41, 5.74) is 6.23. The zero-order chi connectivity index (χ0) is 17.1. The highest BCUT2D eigenvalue weighted by molar-refractivity contribution is 5.74. The lowest BCUT2D eigenvalue weighted by Gasteiger charge is -2.29. The third kappa shape index (κ3) is 1.27. The van der Waals surface area contributed by atoms with Crippen molar-refractivity contribution in [3.05, 3.63) is 70.8 Å². The van der Waals surface area contributed by atoms with Gasteiger partial charge in [0.2, 0.25) is 0 Å². The van der Waals surface area contributed by atoms with Crippen molar-refractivity contribution < 1.29 is 9.47 Å². The summed E-state index contributed by atoms with van der Waals surface area (Å²) < 4.78 is 12.1. The first-order valence-electron chi connectivity index (χ1n) is 9.94. The van der Waals surface area contributed by atoms with Gasteiger partial charge in [-0.15, -0.1) is 0 Å². The van der Waals surface area contributed by atoms with Crippen LogP contribution in [0.2, 0.25) is 0 Å². The molecule has 6 atom stereocenters. The van der Waals surface area contributed by atoms with Crippen molar-refractivity contribution in [2.24, 2.45) is 11.8 Å². The summed E-state index contributed by atoms with van der Waals surface area (Å²) in [7, 11) is 1.72. The molecule has 5 aliphatic rings. The second-order valence-electron chi connectivity index (χ2n) is 8.81. The Balaban J connectivity index is 1.42. The molecule has 3 saturated carbocycles. The van der Waals surface area contributed by atoms with Crippen LogP contribution in [0.15, 0.2) is 54.1 Å². The van der Waals surface area contributed by atoms with Crippen LogP contribution >= 0.6 is 0 Å². The molecule has 2 nitrogen and oxygen atoms in total. The molecule has 0 unspecified atom stereocenters. The van der Waals surface area contributed by atoms with Gasteiger partial charge in [-0.1, -0.05) is 42.5 Å². The molecule has 1 heterocycles. The Morgan fingerprint density at radius 1 is 0.923 bits per heavy atom. The average Bonchev–Trinajstić information content (AvgIpc) is 2.98. The molecular weight excluding hydrogens is 320 g/mol. The molecule has 0 radical (unpaired) electrons. The topological polar surface area (TPSA) is 21.8 Å². The molecule has 0 N–H and O–H groups in total. The molecular formula is C24H22O2. The normalized spacial score (nSPS) is 44.1. The molecule has 130 valence electrons. The third-order valence-electron chi connectivity index (χ3n) is 8.14. The van der Waals surface area contributed by atoms with E-state index in [1.165, 1.54) is 36.0 Å². The molecule has 4 aliphatic carbocycles. The van der Waals surface area contributed by atoms with Gasteiger partial charge in [-0.3, -0.25) is 0 Å². The molecule has 0 spiro atoms. The lowest BCUT2D eigenvalue weighted by Crippen LogP contribution is -2.36. The monoisotopic (exact) mass is 342 g/mol. The maximum Gasteiger partial charge on any atom is 0.118 e. The first-order valence-corrected chi connectivity index (χ1v) is 9.94. The van der Waals surface area contributed by atoms with Crippen molar-refractivity contribution in [1.29, 1.82) is 0 Å². The highest BCUT2D eigenvalue weighted by Crippen LogP contribution is 2.88. The van der Waals surface area contributed by atoms with E-state index in [0.717, 1.165) is 17.6 Å². The summed E-state index contributed by atoms with van der Waals surface area (Å²) in [6, 6.07) is 17.6. The van der Waals surface area contributed by atoms with E-state index in [4.69, 9.17) is 9.47 Å². The molecule has 7 rings (SSSR count). The number of benzene rings is 2. The Kier molecular flexibility index (Phi) is 2.30. The summed E-state index contributed by atoms with van der Waals surface area (Å²) in [6.07, 6.45) is 6.59. The van der Waals surface area contributed by atoms with Gasteiger partial charge in [0.1, 0.15) is 17.0 Å². The fraction of sp³-hybridized carbons (Fsp3) is 0.417. The van der Waals surface area contributed by atoms with Crippen LogP contribution in [0.4, 0.5) is 0 Å². The molecule has 4 bridgehead atoms. The SMILES string of the molecule is COc1ccc(C=C2[C@H]3c4ccccc4[C@H]2[C@]24O[C@]32[C@H]2CC[C@H]4C2)cc1. The van der Waals surface area contributed by atoms with Gasteiger partial charge < -0.3 is 9.47 Å². The minimum atomic E-state index is 0.132. The van der Waals surface area contributed by atoms with Gasteiger partial charge >= 0.3 is 0 Å². The van der Waals surface area contributed by atoms with Crippen LogP contribution in [-0.2, 0) is 4.74 Å². The molecule has 2 heteroatoms. The maximum absolute atomic E-state index is 6.76. The first kappa shape index (κ1) is 14.1. The minimum Gasteiger partial charge on any atom is -0.497 e. The minimum absolute atomic E-state index is 0.132. The second-order valence-corrected chi connectivity index (χ2v) is 8.81. The Labute approximate surface area is 153 Å². The quantitative estimate of drug-likeness (QED) is 0.723. The largest absolute Gasteiger partial charge is 0.497 e. The second kappa shape index (κ2) is 4.26. The molecule has 1 saturated heterocycles. The van der Waals surface area contributed by atoms with Gasteiger partial charge in [0.15, 0.2) is 0 Å². The van der Waals surface area contributed by atoms with E-state index in [1.807, 2.05) is 0 Å². The van der Waals surface area contributed by atoms with Gasteiger partial charge in [-0.25, -0.2) is 0 Å². The third-order valence-corrected chi connectivity index (χ3v) is 8.14. The Hall–Kier alpha value is -2.06. The highest BCUT2D eigenvalue weighted by Gasteiger charge is 2.92. The number of ether oxygens (including phenoxy) is 2.